The van der Waals surface area contributed by atoms with Crippen LogP contribution in [0.25, 0.3) is 11.3 Å². The second kappa shape index (κ2) is 5.90. The smallest absolute Gasteiger partial charge is 0.304 e. The van der Waals surface area contributed by atoms with Gasteiger partial charge in [-0.15, -0.1) is 0 Å². The van der Waals surface area contributed by atoms with Crippen molar-refractivity contribution in [1.82, 2.24) is 4.98 Å². The Morgan fingerprint density at radius 1 is 1.09 bits per heavy atom. The Morgan fingerprint density at radius 3 is 2.48 bits per heavy atom. The van der Waals surface area contributed by atoms with E-state index in [1.54, 1.807) is 41.8 Å². The normalized spacial score (nSPS) is 11.3. The summed E-state index contributed by atoms with van der Waals surface area (Å²) in [5.74, 6) is 0. The molecule has 1 aromatic heterocycles. The van der Waals surface area contributed by atoms with Crippen LogP contribution >= 0.6 is 11.3 Å². The van der Waals surface area contributed by atoms with E-state index in [4.69, 9.17) is 5.73 Å². The molecule has 0 unspecified atom stereocenters. The largest absolute Gasteiger partial charge is 0.399 e. The number of sulfonamides is 1. The molecule has 0 saturated carbocycles. The molecule has 0 spiro atoms. The predicted molar refractivity (Wildman–Crippen MR) is 92.0 cm³/mol. The molecule has 118 valence electrons. The summed E-state index contributed by atoms with van der Waals surface area (Å²) < 4.78 is 27.4. The van der Waals surface area contributed by atoms with Crippen LogP contribution in [0.5, 0.6) is 0 Å². The number of rotatable bonds is 4. The van der Waals surface area contributed by atoms with Crippen LogP contribution in [0.3, 0.4) is 0 Å². The number of aromatic amines is 1. The highest BCUT2D eigenvalue weighted by Crippen LogP contribution is 2.23. The Labute approximate surface area is 136 Å². The van der Waals surface area contributed by atoms with E-state index >= 15 is 0 Å². The predicted octanol–water partition coefficient (Wildman–Crippen LogP) is 2.49. The first-order valence-corrected chi connectivity index (χ1v) is 8.97. The third kappa shape index (κ3) is 3.43. The molecular weight excluding hydrogens is 334 g/mol. The SMILES string of the molecule is Nc1ccc(NS(=O)(=O)c2cccc(-c3csc(=O)[nH]3)c2)cc1. The first kappa shape index (κ1) is 15.3. The second-order valence-corrected chi connectivity index (χ2v) is 7.34. The lowest BCUT2D eigenvalue weighted by molar-refractivity contribution is 0.601. The number of H-pyrrole nitrogens is 1. The lowest BCUT2D eigenvalue weighted by atomic mass is 10.2. The van der Waals surface area contributed by atoms with Gasteiger partial charge in [0.25, 0.3) is 10.0 Å². The first-order valence-electron chi connectivity index (χ1n) is 6.61. The highest BCUT2D eigenvalue weighted by atomic mass is 32.2. The molecule has 4 N–H and O–H groups in total. The van der Waals surface area contributed by atoms with Gasteiger partial charge in [0.2, 0.25) is 0 Å². The quantitative estimate of drug-likeness (QED) is 0.631. The van der Waals surface area contributed by atoms with Crippen molar-refractivity contribution in [3.8, 4) is 11.3 Å². The van der Waals surface area contributed by atoms with E-state index in [9.17, 15) is 13.2 Å². The van der Waals surface area contributed by atoms with Crippen molar-refractivity contribution in [2.45, 2.75) is 4.90 Å². The van der Waals surface area contributed by atoms with E-state index < -0.39 is 10.0 Å². The van der Waals surface area contributed by atoms with Crippen molar-refractivity contribution in [3.05, 3.63) is 63.6 Å². The number of thiazole rings is 1. The fourth-order valence-corrected chi connectivity index (χ4v) is 3.71. The number of hydrogen-bond acceptors (Lipinski definition) is 5. The van der Waals surface area contributed by atoms with E-state index in [1.807, 2.05) is 0 Å². The Hall–Kier alpha value is -2.58. The second-order valence-electron chi connectivity index (χ2n) is 4.82. The summed E-state index contributed by atoms with van der Waals surface area (Å²) in [6.07, 6.45) is 0. The molecule has 1 heterocycles. The zero-order chi connectivity index (χ0) is 16.4. The molecular formula is C15H13N3O3S2. The minimum absolute atomic E-state index is 0.110. The molecule has 0 amide bonds. The third-order valence-electron chi connectivity index (χ3n) is 3.14. The molecule has 0 radical (unpaired) electrons. The van der Waals surface area contributed by atoms with Gasteiger partial charge in [0, 0.05) is 22.3 Å². The lowest BCUT2D eigenvalue weighted by Crippen LogP contribution is -2.13. The fourth-order valence-electron chi connectivity index (χ4n) is 2.02. The van der Waals surface area contributed by atoms with Gasteiger partial charge in [-0.1, -0.05) is 23.5 Å². The first-order chi connectivity index (χ1) is 10.9. The van der Waals surface area contributed by atoms with E-state index in [1.165, 1.54) is 12.1 Å². The molecule has 0 aliphatic carbocycles. The number of nitrogen functional groups attached to an aromatic ring is 1. The summed E-state index contributed by atoms with van der Waals surface area (Å²) in [5.41, 5.74) is 7.78. The van der Waals surface area contributed by atoms with Gasteiger partial charge in [-0.05, 0) is 36.4 Å². The van der Waals surface area contributed by atoms with Gasteiger partial charge in [0.1, 0.15) is 0 Å². The highest BCUT2D eigenvalue weighted by Gasteiger charge is 2.15. The molecule has 2 aromatic carbocycles. The Kier molecular flexibility index (Phi) is 3.93. The maximum absolute atomic E-state index is 12.5. The topological polar surface area (TPSA) is 105 Å². The van der Waals surface area contributed by atoms with Crippen LogP contribution < -0.4 is 15.3 Å². The zero-order valence-electron chi connectivity index (χ0n) is 11.8. The Balaban J connectivity index is 1.94. The molecule has 0 fully saturated rings. The molecule has 0 atom stereocenters. The molecule has 6 nitrogen and oxygen atoms in total. The summed E-state index contributed by atoms with van der Waals surface area (Å²) in [6.45, 7) is 0. The monoisotopic (exact) mass is 347 g/mol. The van der Waals surface area contributed by atoms with E-state index in [2.05, 4.69) is 9.71 Å². The summed E-state index contributed by atoms with van der Waals surface area (Å²) >= 11 is 1.03. The maximum Gasteiger partial charge on any atom is 0.304 e. The average molecular weight is 347 g/mol. The molecule has 3 rings (SSSR count). The van der Waals surface area contributed by atoms with E-state index in [0.717, 1.165) is 11.3 Å². The zero-order valence-corrected chi connectivity index (χ0v) is 13.4. The van der Waals surface area contributed by atoms with Gasteiger partial charge >= 0.3 is 4.87 Å². The van der Waals surface area contributed by atoms with Gasteiger partial charge in [-0.25, -0.2) is 8.42 Å². The van der Waals surface area contributed by atoms with Gasteiger partial charge in [0.15, 0.2) is 0 Å². The van der Waals surface area contributed by atoms with Crippen LogP contribution in [-0.2, 0) is 10.0 Å². The van der Waals surface area contributed by atoms with Crippen LogP contribution in [-0.4, -0.2) is 13.4 Å². The summed E-state index contributed by atoms with van der Waals surface area (Å²) in [4.78, 5) is 13.8. The molecule has 8 heteroatoms. The summed E-state index contributed by atoms with van der Waals surface area (Å²) in [7, 11) is -3.73. The van der Waals surface area contributed by atoms with Gasteiger partial charge in [-0.3, -0.25) is 9.52 Å². The minimum Gasteiger partial charge on any atom is -0.399 e. The van der Waals surface area contributed by atoms with Crippen LogP contribution in [0.2, 0.25) is 0 Å². The number of nitrogens with one attached hydrogen (secondary N) is 2. The number of nitrogens with two attached hydrogens (primary N) is 1. The molecule has 0 aliphatic rings. The van der Waals surface area contributed by atoms with Crippen molar-refractivity contribution in [1.29, 1.82) is 0 Å². The van der Waals surface area contributed by atoms with Crippen molar-refractivity contribution in [2.24, 2.45) is 0 Å². The molecule has 23 heavy (non-hydrogen) atoms. The standard InChI is InChI=1S/C15H13N3O3S2/c16-11-4-6-12(7-5-11)18-23(20,21)13-3-1-2-10(8-13)14-9-22-15(19)17-14/h1-9,18H,16H2,(H,17,19). The lowest BCUT2D eigenvalue weighted by Gasteiger charge is -2.09. The highest BCUT2D eigenvalue weighted by molar-refractivity contribution is 7.92. The molecule has 3 aromatic rings. The Morgan fingerprint density at radius 2 is 1.83 bits per heavy atom. The summed E-state index contributed by atoms with van der Waals surface area (Å²) in [5, 5.41) is 1.65. The van der Waals surface area contributed by atoms with Crippen molar-refractivity contribution >= 4 is 32.7 Å². The Bertz CT molecular complexity index is 989. The maximum atomic E-state index is 12.5. The number of anilines is 2. The fraction of sp³-hybridized carbons (Fsp3) is 0. The molecule has 0 saturated heterocycles. The van der Waals surface area contributed by atoms with Crippen LogP contribution in [0, 0.1) is 0 Å². The van der Waals surface area contributed by atoms with Gasteiger partial charge in [0.05, 0.1) is 10.6 Å². The van der Waals surface area contributed by atoms with Gasteiger partial charge in [-0.2, -0.15) is 0 Å². The summed E-state index contributed by atoms with van der Waals surface area (Å²) in [6, 6.07) is 12.8. The van der Waals surface area contributed by atoms with Crippen molar-refractivity contribution in [2.75, 3.05) is 10.5 Å². The number of benzene rings is 2. The average Bonchev–Trinajstić information content (AvgIpc) is 2.96. The van der Waals surface area contributed by atoms with E-state index in [0.29, 0.717) is 22.6 Å². The minimum atomic E-state index is -3.73. The van der Waals surface area contributed by atoms with Crippen LogP contribution in [0.1, 0.15) is 0 Å². The van der Waals surface area contributed by atoms with Crippen molar-refractivity contribution < 1.29 is 8.42 Å². The molecule has 0 aliphatic heterocycles. The number of hydrogen-bond donors (Lipinski definition) is 3. The van der Waals surface area contributed by atoms with Crippen molar-refractivity contribution in [3.63, 3.8) is 0 Å². The van der Waals surface area contributed by atoms with E-state index in [-0.39, 0.29) is 9.77 Å². The van der Waals surface area contributed by atoms with Gasteiger partial charge < -0.3 is 10.7 Å². The molecule has 0 bridgehead atoms. The third-order valence-corrected chi connectivity index (χ3v) is 5.19. The van der Waals surface area contributed by atoms with Crippen LogP contribution in [0.15, 0.2) is 63.6 Å². The number of aromatic nitrogens is 1. The van der Waals surface area contributed by atoms with Crippen LogP contribution in [0.4, 0.5) is 11.4 Å².